The lowest BCUT2D eigenvalue weighted by Crippen LogP contribution is -2.54. The van der Waals surface area contributed by atoms with Gasteiger partial charge in [-0.2, -0.15) is 0 Å². The molecule has 1 aromatic carbocycles. The van der Waals surface area contributed by atoms with Crippen LogP contribution in [0.15, 0.2) is 24.3 Å². The van der Waals surface area contributed by atoms with Crippen LogP contribution >= 0.6 is 0 Å². The molecule has 0 aromatic heterocycles. The first-order chi connectivity index (χ1) is 12.2. The van der Waals surface area contributed by atoms with Crippen LogP contribution in [-0.4, -0.2) is 47.8 Å². The Morgan fingerprint density at radius 1 is 0.880 bits per heavy atom. The highest BCUT2D eigenvalue weighted by molar-refractivity contribution is 6.35. The minimum Gasteiger partial charge on any atom is -0.385 e. The number of benzene rings is 1. The monoisotopic (exact) mass is 345 g/mol. The Morgan fingerprint density at radius 2 is 1.56 bits per heavy atom. The van der Waals surface area contributed by atoms with Crippen molar-refractivity contribution in [3.05, 3.63) is 29.8 Å². The standard InChI is InChI=1S/C20H31N3O2/c1-3-5-6-7-13-22-14-15-23(20(25)19(22)24)16-17-8-10-18(11-9-17)21-12-4-2/h8-11,21H,3-7,12-16H2,1-2H3. The molecule has 1 aliphatic rings. The fourth-order valence-electron chi connectivity index (χ4n) is 3.03. The highest BCUT2D eigenvalue weighted by atomic mass is 16.2. The van der Waals surface area contributed by atoms with E-state index in [-0.39, 0.29) is 11.8 Å². The summed E-state index contributed by atoms with van der Waals surface area (Å²) in [6.07, 6.45) is 5.55. The lowest BCUT2D eigenvalue weighted by atomic mass is 10.1. The molecule has 1 N–H and O–H groups in total. The predicted molar refractivity (Wildman–Crippen MR) is 101 cm³/mol. The Bertz CT molecular complexity index is 557. The van der Waals surface area contributed by atoms with Gasteiger partial charge in [0.25, 0.3) is 0 Å². The van der Waals surface area contributed by atoms with Crippen molar-refractivity contribution in [1.29, 1.82) is 0 Å². The minimum absolute atomic E-state index is 0.344. The summed E-state index contributed by atoms with van der Waals surface area (Å²) in [7, 11) is 0. The van der Waals surface area contributed by atoms with Crippen LogP contribution in [0.25, 0.3) is 0 Å². The van der Waals surface area contributed by atoms with E-state index >= 15 is 0 Å². The molecule has 5 nitrogen and oxygen atoms in total. The van der Waals surface area contributed by atoms with Crippen LogP contribution in [0, 0.1) is 0 Å². The number of nitrogens with one attached hydrogen (secondary N) is 1. The van der Waals surface area contributed by atoms with Gasteiger partial charge in [-0.05, 0) is 30.5 Å². The maximum absolute atomic E-state index is 12.4. The molecule has 1 aliphatic heterocycles. The number of hydrogen-bond acceptors (Lipinski definition) is 3. The van der Waals surface area contributed by atoms with Crippen LogP contribution < -0.4 is 5.32 Å². The molecular formula is C20H31N3O2. The third-order valence-corrected chi connectivity index (χ3v) is 4.59. The second-order valence-corrected chi connectivity index (χ2v) is 6.70. The molecular weight excluding hydrogens is 314 g/mol. The normalized spacial score (nSPS) is 15.0. The number of piperazine rings is 1. The van der Waals surface area contributed by atoms with E-state index in [1.54, 1.807) is 9.80 Å². The fourth-order valence-corrected chi connectivity index (χ4v) is 3.03. The molecule has 0 bridgehead atoms. The highest BCUT2D eigenvalue weighted by Gasteiger charge is 2.31. The third kappa shape index (κ3) is 5.76. The molecule has 0 aliphatic carbocycles. The number of carbonyl (C=O) groups is 2. The average molecular weight is 345 g/mol. The minimum atomic E-state index is -0.366. The third-order valence-electron chi connectivity index (χ3n) is 4.59. The van der Waals surface area contributed by atoms with Crippen LogP contribution in [0.4, 0.5) is 5.69 Å². The molecule has 138 valence electrons. The summed E-state index contributed by atoms with van der Waals surface area (Å²) < 4.78 is 0. The topological polar surface area (TPSA) is 52.6 Å². The van der Waals surface area contributed by atoms with E-state index < -0.39 is 0 Å². The van der Waals surface area contributed by atoms with Gasteiger partial charge in [0.1, 0.15) is 0 Å². The molecule has 1 fully saturated rings. The van der Waals surface area contributed by atoms with E-state index in [2.05, 4.69) is 19.2 Å². The Hall–Kier alpha value is -2.04. The maximum Gasteiger partial charge on any atom is 0.312 e. The van der Waals surface area contributed by atoms with Gasteiger partial charge in [-0.15, -0.1) is 0 Å². The van der Waals surface area contributed by atoms with Crippen molar-refractivity contribution in [1.82, 2.24) is 9.80 Å². The molecule has 5 heteroatoms. The number of hydrogen-bond donors (Lipinski definition) is 1. The molecule has 2 rings (SSSR count). The first kappa shape index (κ1) is 19.3. The van der Waals surface area contributed by atoms with Crippen molar-refractivity contribution < 1.29 is 9.59 Å². The Balaban J connectivity index is 1.83. The summed E-state index contributed by atoms with van der Waals surface area (Å²) in [5, 5.41) is 3.33. The van der Waals surface area contributed by atoms with E-state index in [1.165, 1.54) is 12.8 Å². The van der Waals surface area contributed by atoms with Gasteiger partial charge < -0.3 is 15.1 Å². The SMILES string of the molecule is CCCCCCN1CCN(Cc2ccc(NCCC)cc2)C(=O)C1=O. The number of nitrogens with zero attached hydrogens (tertiary/aromatic N) is 2. The van der Waals surface area contributed by atoms with Gasteiger partial charge in [0.05, 0.1) is 0 Å². The molecule has 0 unspecified atom stereocenters. The zero-order valence-electron chi connectivity index (χ0n) is 15.6. The van der Waals surface area contributed by atoms with Gasteiger partial charge in [-0.1, -0.05) is 45.2 Å². The molecule has 25 heavy (non-hydrogen) atoms. The Kier molecular flexibility index (Phi) is 7.76. The van der Waals surface area contributed by atoms with Gasteiger partial charge in [0, 0.05) is 38.4 Å². The second-order valence-electron chi connectivity index (χ2n) is 6.70. The van der Waals surface area contributed by atoms with Crippen molar-refractivity contribution in [2.24, 2.45) is 0 Å². The van der Waals surface area contributed by atoms with Crippen molar-refractivity contribution in [3.8, 4) is 0 Å². The zero-order valence-corrected chi connectivity index (χ0v) is 15.6. The van der Waals surface area contributed by atoms with Gasteiger partial charge in [-0.25, -0.2) is 0 Å². The molecule has 0 spiro atoms. The predicted octanol–water partition coefficient (Wildman–Crippen LogP) is 3.26. The quantitative estimate of drug-likeness (QED) is 0.523. The van der Waals surface area contributed by atoms with Crippen LogP contribution in [0.3, 0.4) is 0 Å². The number of rotatable bonds is 10. The maximum atomic E-state index is 12.4. The van der Waals surface area contributed by atoms with Crippen molar-refractivity contribution >= 4 is 17.5 Å². The number of carbonyl (C=O) groups excluding carboxylic acids is 2. The van der Waals surface area contributed by atoms with E-state index in [0.717, 1.165) is 37.1 Å². The summed E-state index contributed by atoms with van der Waals surface area (Å²) in [4.78, 5) is 28.0. The summed E-state index contributed by atoms with van der Waals surface area (Å²) in [6, 6.07) is 8.10. The summed E-state index contributed by atoms with van der Waals surface area (Å²) in [5.74, 6) is -0.709. The van der Waals surface area contributed by atoms with Crippen LogP contribution in [0.2, 0.25) is 0 Å². The lowest BCUT2D eigenvalue weighted by Gasteiger charge is -2.33. The van der Waals surface area contributed by atoms with Crippen molar-refractivity contribution in [3.63, 3.8) is 0 Å². The van der Waals surface area contributed by atoms with E-state index in [0.29, 0.717) is 26.2 Å². The number of anilines is 1. The fraction of sp³-hybridized carbons (Fsp3) is 0.600. The molecule has 1 heterocycles. The summed E-state index contributed by atoms with van der Waals surface area (Å²) >= 11 is 0. The van der Waals surface area contributed by atoms with Crippen LogP contribution in [0.1, 0.15) is 51.5 Å². The van der Waals surface area contributed by atoms with Gasteiger partial charge in [0.15, 0.2) is 0 Å². The number of unbranched alkanes of at least 4 members (excludes halogenated alkanes) is 3. The van der Waals surface area contributed by atoms with Gasteiger partial charge in [0.2, 0.25) is 0 Å². The zero-order chi connectivity index (χ0) is 18.1. The van der Waals surface area contributed by atoms with Crippen molar-refractivity contribution in [2.75, 3.05) is 31.5 Å². The average Bonchev–Trinajstić information content (AvgIpc) is 2.63. The summed E-state index contributed by atoms with van der Waals surface area (Å²) in [6.45, 7) is 7.72. The molecule has 0 radical (unpaired) electrons. The largest absolute Gasteiger partial charge is 0.385 e. The number of amides is 2. The van der Waals surface area contributed by atoms with E-state index in [9.17, 15) is 9.59 Å². The Morgan fingerprint density at radius 3 is 2.24 bits per heavy atom. The van der Waals surface area contributed by atoms with E-state index in [4.69, 9.17) is 0 Å². The van der Waals surface area contributed by atoms with Crippen LogP contribution in [0.5, 0.6) is 0 Å². The molecule has 1 aromatic rings. The Labute approximate surface area is 151 Å². The first-order valence-corrected chi connectivity index (χ1v) is 9.56. The molecule has 0 atom stereocenters. The molecule has 0 saturated carbocycles. The summed E-state index contributed by atoms with van der Waals surface area (Å²) in [5.41, 5.74) is 2.14. The van der Waals surface area contributed by atoms with Crippen LogP contribution in [-0.2, 0) is 16.1 Å². The molecule has 2 amide bonds. The lowest BCUT2D eigenvalue weighted by molar-refractivity contribution is -0.156. The first-order valence-electron chi connectivity index (χ1n) is 9.56. The van der Waals surface area contributed by atoms with Crippen molar-refractivity contribution in [2.45, 2.75) is 52.5 Å². The highest BCUT2D eigenvalue weighted by Crippen LogP contribution is 2.15. The van der Waals surface area contributed by atoms with Gasteiger partial charge >= 0.3 is 11.8 Å². The van der Waals surface area contributed by atoms with Gasteiger partial charge in [-0.3, -0.25) is 9.59 Å². The van der Waals surface area contributed by atoms with E-state index in [1.807, 2.05) is 24.3 Å². The smallest absolute Gasteiger partial charge is 0.312 e. The molecule has 1 saturated heterocycles. The second kappa shape index (κ2) is 10.1.